The fourth-order valence-corrected chi connectivity index (χ4v) is 5.12. The number of aryl methyl sites for hydroxylation is 2. The molecule has 1 aliphatic rings. The van der Waals surface area contributed by atoms with E-state index in [1.165, 1.54) is 51.8 Å². The van der Waals surface area contributed by atoms with E-state index in [4.69, 9.17) is 0 Å². The molecule has 1 aliphatic heterocycles. The van der Waals surface area contributed by atoms with Gasteiger partial charge in [0.05, 0.1) is 12.6 Å². The van der Waals surface area contributed by atoms with Crippen LogP contribution >= 0.6 is 11.3 Å². The molecular formula is C19H27NOS. The van der Waals surface area contributed by atoms with Crippen molar-refractivity contribution in [1.29, 1.82) is 0 Å². The predicted octanol–water partition coefficient (Wildman–Crippen LogP) is 4.82. The van der Waals surface area contributed by atoms with Crippen molar-refractivity contribution in [3.63, 3.8) is 0 Å². The highest BCUT2D eigenvalue weighted by molar-refractivity contribution is 7.19. The first kappa shape index (κ1) is 16.0. The molecule has 1 fully saturated rings. The van der Waals surface area contributed by atoms with Crippen molar-refractivity contribution in [3.8, 4) is 0 Å². The van der Waals surface area contributed by atoms with E-state index in [1.54, 1.807) is 0 Å². The second kappa shape index (κ2) is 6.69. The number of nitrogens with zero attached hydrogens (tertiary/aromatic N) is 1. The van der Waals surface area contributed by atoms with E-state index in [9.17, 15) is 5.11 Å². The van der Waals surface area contributed by atoms with Crippen molar-refractivity contribution in [3.05, 3.63) is 34.2 Å². The summed E-state index contributed by atoms with van der Waals surface area (Å²) in [5, 5.41) is 11.5. The van der Waals surface area contributed by atoms with Gasteiger partial charge in [0.15, 0.2) is 0 Å². The molecule has 2 nitrogen and oxygen atoms in total. The third kappa shape index (κ3) is 2.70. The van der Waals surface area contributed by atoms with E-state index in [-0.39, 0.29) is 12.6 Å². The maximum absolute atomic E-state index is 10.1. The average Bonchev–Trinajstić information content (AvgIpc) is 2.84. The van der Waals surface area contributed by atoms with Crippen LogP contribution in [0.5, 0.6) is 0 Å². The Morgan fingerprint density at radius 1 is 1.32 bits per heavy atom. The number of aliphatic hydroxyl groups is 1. The summed E-state index contributed by atoms with van der Waals surface area (Å²) in [5.41, 5.74) is 2.71. The van der Waals surface area contributed by atoms with Crippen molar-refractivity contribution in [2.75, 3.05) is 13.2 Å². The third-order valence-electron chi connectivity index (χ3n) is 5.31. The van der Waals surface area contributed by atoms with Gasteiger partial charge < -0.3 is 5.11 Å². The first-order chi connectivity index (χ1) is 10.7. The first-order valence-corrected chi connectivity index (χ1v) is 9.34. The molecule has 22 heavy (non-hydrogen) atoms. The Morgan fingerprint density at radius 3 is 2.86 bits per heavy atom. The molecule has 2 aromatic rings. The van der Waals surface area contributed by atoms with Crippen molar-refractivity contribution in [1.82, 2.24) is 4.90 Å². The largest absolute Gasteiger partial charge is 0.394 e. The molecule has 0 saturated carbocycles. The standard InChI is InChI=1S/C19H27NOS/c1-4-15-8-5-6-11-20(15)18(12-21)17-10-7-9-16-13(2)14(3)22-19(16)17/h7,9-10,15,18,21H,4-6,8,11-12H2,1-3H3. The predicted molar refractivity (Wildman–Crippen MR) is 95.8 cm³/mol. The number of fused-ring (bicyclic) bond motifs is 1. The van der Waals surface area contributed by atoms with Gasteiger partial charge in [0, 0.05) is 15.6 Å². The minimum absolute atomic E-state index is 0.145. The Morgan fingerprint density at radius 2 is 2.14 bits per heavy atom. The molecule has 1 aromatic carbocycles. The molecule has 120 valence electrons. The van der Waals surface area contributed by atoms with Gasteiger partial charge in [0.25, 0.3) is 0 Å². The highest BCUT2D eigenvalue weighted by Gasteiger charge is 2.29. The van der Waals surface area contributed by atoms with E-state index in [0.29, 0.717) is 6.04 Å². The summed E-state index contributed by atoms with van der Waals surface area (Å²) < 4.78 is 1.37. The average molecular weight is 317 g/mol. The van der Waals surface area contributed by atoms with Crippen molar-refractivity contribution >= 4 is 21.4 Å². The summed E-state index contributed by atoms with van der Waals surface area (Å²) in [6.45, 7) is 8.02. The van der Waals surface area contributed by atoms with Gasteiger partial charge in [0.1, 0.15) is 0 Å². The number of likely N-dealkylation sites (tertiary alicyclic amines) is 1. The first-order valence-electron chi connectivity index (χ1n) is 8.52. The molecule has 3 heteroatoms. The fourth-order valence-electron chi connectivity index (χ4n) is 3.90. The van der Waals surface area contributed by atoms with Gasteiger partial charge >= 0.3 is 0 Å². The Labute approximate surface area is 137 Å². The molecule has 0 bridgehead atoms. The maximum Gasteiger partial charge on any atom is 0.0629 e. The zero-order valence-corrected chi connectivity index (χ0v) is 14.7. The van der Waals surface area contributed by atoms with Gasteiger partial charge in [-0.15, -0.1) is 11.3 Å². The lowest BCUT2D eigenvalue weighted by Crippen LogP contribution is -2.43. The van der Waals surface area contributed by atoms with Gasteiger partial charge in [-0.25, -0.2) is 0 Å². The van der Waals surface area contributed by atoms with Crippen molar-refractivity contribution < 1.29 is 5.11 Å². The van der Waals surface area contributed by atoms with Crippen LogP contribution in [0.3, 0.4) is 0 Å². The molecule has 1 aromatic heterocycles. The lowest BCUT2D eigenvalue weighted by molar-refractivity contribution is 0.0554. The molecule has 3 rings (SSSR count). The minimum Gasteiger partial charge on any atom is -0.394 e. The molecule has 0 amide bonds. The van der Waals surface area contributed by atoms with Crippen LogP contribution < -0.4 is 0 Å². The number of rotatable bonds is 4. The van der Waals surface area contributed by atoms with Crippen LogP contribution in [-0.4, -0.2) is 29.2 Å². The second-order valence-electron chi connectivity index (χ2n) is 6.50. The van der Waals surface area contributed by atoms with Gasteiger partial charge in [-0.3, -0.25) is 4.90 Å². The van der Waals surface area contributed by atoms with Crippen LogP contribution in [0.2, 0.25) is 0 Å². The maximum atomic E-state index is 10.1. The lowest BCUT2D eigenvalue weighted by atomic mass is 9.94. The number of thiophene rings is 1. The quantitative estimate of drug-likeness (QED) is 0.874. The molecular weight excluding hydrogens is 290 g/mol. The molecule has 2 atom stereocenters. The molecule has 0 aliphatic carbocycles. The van der Waals surface area contributed by atoms with Gasteiger partial charge in [-0.05, 0) is 56.2 Å². The SMILES string of the molecule is CCC1CCCCN1C(CO)c1cccc2c(C)c(C)sc12. The van der Waals surface area contributed by atoms with Crippen LogP contribution in [0.15, 0.2) is 18.2 Å². The van der Waals surface area contributed by atoms with Crippen LogP contribution in [0, 0.1) is 13.8 Å². The number of aliphatic hydroxyl groups excluding tert-OH is 1. The Bertz CT molecular complexity index is 648. The van der Waals surface area contributed by atoms with E-state index in [1.807, 2.05) is 11.3 Å². The van der Waals surface area contributed by atoms with E-state index in [0.717, 1.165) is 6.54 Å². The monoisotopic (exact) mass is 317 g/mol. The molecule has 0 radical (unpaired) electrons. The topological polar surface area (TPSA) is 23.5 Å². The third-order valence-corrected chi connectivity index (χ3v) is 6.58. The fraction of sp³-hybridized carbons (Fsp3) is 0.579. The van der Waals surface area contributed by atoms with E-state index in [2.05, 4.69) is 43.9 Å². The number of hydrogen-bond acceptors (Lipinski definition) is 3. The molecule has 2 heterocycles. The van der Waals surface area contributed by atoms with E-state index < -0.39 is 0 Å². The summed E-state index contributed by atoms with van der Waals surface area (Å²) >= 11 is 1.88. The molecule has 0 spiro atoms. The van der Waals surface area contributed by atoms with Gasteiger partial charge in [-0.2, -0.15) is 0 Å². The zero-order chi connectivity index (χ0) is 15.7. The smallest absolute Gasteiger partial charge is 0.0629 e. The lowest BCUT2D eigenvalue weighted by Gasteiger charge is -2.40. The molecule has 1 saturated heterocycles. The van der Waals surface area contributed by atoms with Crippen molar-refractivity contribution in [2.45, 2.75) is 58.5 Å². The zero-order valence-electron chi connectivity index (χ0n) is 13.9. The number of piperidine rings is 1. The minimum atomic E-state index is 0.145. The van der Waals surface area contributed by atoms with Crippen LogP contribution in [0.4, 0.5) is 0 Å². The molecule has 1 N–H and O–H groups in total. The number of hydrogen-bond donors (Lipinski definition) is 1. The molecule has 2 unspecified atom stereocenters. The Balaban J connectivity index is 2.05. The normalized spacial score (nSPS) is 21.4. The van der Waals surface area contributed by atoms with Crippen molar-refractivity contribution in [2.24, 2.45) is 0 Å². The summed E-state index contributed by atoms with van der Waals surface area (Å²) in [4.78, 5) is 3.95. The second-order valence-corrected chi connectivity index (χ2v) is 7.73. The van der Waals surface area contributed by atoms with Gasteiger partial charge in [0.2, 0.25) is 0 Å². The van der Waals surface area contributed by atoms with E-state index >= 15 is 0 Å². The summed E-state index contributed by atoms with van der Waals surface area (Å²) in [6.07, 6.45) is 5.03. The van der Waals surface area contributed by atoms with Crippen LogP contribution in [0.25, 0.3) is 10.1 Å². The van der Waals surface area contributed by atoms with Gasteiger partial charge in [-0.1, -0.05) is 31.5 Å². The summed E-state index contributed by atoms with van der Waals surface area (Å²) in [5.74, 6) is 0. The van der Waals surface area contributed by atoms with Crippen LogP contribution in [0.1, 0.15) is 54.7 Å². The Kier molecular flexibility index (Phi) is 4.86. The number of benzene rings is 1. The highest BCUT2D eigenvalue weighted by Crippen LogP contribution is 2.38. The highest BCUT2D eigenvalue weighted by atomic mass is 32.1. The summed E-state index contributed by atoms with van der Waals surface area (Å²) in [7, 11) is 0. The Hall–Kier alpha value is -0.900. The van der Waals surface area contributed by atoms with Crippen LogP contribution in [-0.2, 0) is 0 Å². The summed E-state index contributed by atoms with van der Waals surface area (Å²) in [6, 6.07) is 7.36.